The van der Waals surface area contributed by atoms with E-state index >= 15 is 8.78 Å². The molecule has 22 heteroatoms. The zero-order chi connectivity index (χ0) is 42.3. The van der Waals surface area contributed by atoms with Gasteiger partial charge in [0.05, 0.1) is 28.2 Å². The van der Waals surface area contributed by atoms with Crippen LogP contribution < -0.4 is 15.4 Å². The number of sulfonamides is 1. The number of pyridine rings is 1. The van der Waals surface area contributed by atoms with Crippen LogP contribution in [0.15, 0.2) is 42.5 Å². The SMILES string of the molecule is CN(C)CCNc1nc2nc([C@H](Cc3cc(F)cc(F)c3)NC(=O)Cn3nc(C(F)(F)F)c4c3C(F)(F)[C@@H]3C[C@H]43)c(-c3cccc4c(NS(C)(=O)=O)nn(C)c34)cc2s1. The molecule has 13 nitrogen and oxygen atoms in total. The van der Waals surface area contributed by atoms with Crippen molar-refractivity contribution in [2.45, 2.75) is 43.4 Å². The van der Waals surface area contributed by atoms with Gasteiger partial charge in [-0.1, -0.05) is 23.5 Å². The summed E-state index contributed by atoms with van der Waals surface area (Å²) in [4.78, 5) is 25.5. The molecule has 8 rings (SSSR count). The molecule has 1 saturated carbocycles. The van der Waals surface area contributed by atoms with Crippen LogP contribution in [-0.2, 0) is 46.9 Å². The molecule has 4 aromatic heterocycles. The highest BCUT2D eigenvalue weighted by Crippen LogP contribution is 2.68. The molecule has 0 bridgehead atoms. The van der Waals surface area contributed by atoms with Crippen LogP contribution in [0.5, 0.6) is 0 Å². The van der Waals surface area contributed by atoms with Gasteiger partial charge in [-0.2, -0.15) is 32.1 Å². The summed E-state index contributed by atoms with van der Waals surface area (Å²) < 4.78 is 132. The molecule has 2 aromatic carbocycles. The Labute approximate surface area is 335 Å². The van der Waals surface area contributed by atoms with E-state index in [4.69, 9.17) is 4.98 Å². The number of anilines is 2. The zero-order valence-electron chi connectivity index (χ0n) is 31.6. The number of carbonyl (C=O) groups excluding carboxylic acids is 1. The highest BCUT2D eigenvalue weighted by atomic mass is 32.2. The van der Waals surface area contributed by atoms with Crippen molar-refractivity contribution in [3.05, 3.63) is 82.3 Å². The number of nitrogens with zero attached hydrogens (tertiary/aromatic N) is 7. The second-order valence-corrected chi connectivity index (χ2v) is 17.8. The second-order valence-electron chi connectivity index (χ2n) is 15.0. The number of para-hydroxylation sites is 1. The molecule has 3 N–H and O–H groups in total. The van der Waals surface area contributed by atoms with Crippen LogP contribution in [0.25, 0.3) is 32.4 Å². The summed E-state index contributed by atoms with van der Waals surface area (Å²) in [5.74, 6) is -8.91. The molecule has 59 heavy (non-hydrogen) atoms. The lowest BCUT2D eigenvalue weighted by molar-refractivity contribution is -0.142. The predicted octanol–water partition coefficient (Wildman–Crippen LogP) is 6.39. The number of hydrogen-bond donors (Lipinski definition) is 3. The van der Waals surface area contributed by atoms with Crippen LogP contribution in [0.2, 0.25) is 0 Å². The molecule has 0 spiro atoms. The van der Waals surface area contributed by atoms with Crippen LogP contribution in [0.3, 0.4) is 0 Å². The van der Waals surface area contributed by atoms with Gasteiger partial charge >= 0.3 is 6.18 Å². The third-order valence-electron chi connectivity index (χ3n) is 10.2. The molecule has 0 radical (unpaired) electrons. The van der Waals surface area contributed by atoms with Crippen molar-refractivity contribution in [3.63, 3.8) is 0 Å². The highest BCUT2D eigenvalue weighted by Gasteiger charge is 2.68. The number of fused-ring (bicyclic) bond motifs is 5. The van der Waals surface area contributed by atoms with E-state index in [2.05, 4.69) is 30.5 Å². The zero-order valence-corrected chi connectivity index (χ0v) is 33.3. The lowest BCUT2D eigenvalue weighted by Crippen LogP contribution is -2.35. The molecular weight excluding hydrogens is 830 g/mol. The number of aromatic nitrogens is 6. The van der Waals surface area contributed by atoms with Crippen molar-refractivity contribution in [3.8, 4) is 11.1 Å². The van der Waals surface area contributed by atoms with Gasteiger partial charge in [-0.15, -0.1) is 0 Å². The van der Waals surface area contributed by atoms with E-state index in [0.29, 0.717) is 55.7 Å². The van der Waals surface area contributed by atoms with Crippen LogP contribution in [0.4, 0.5) is 41.7 Å². The van der Waals surface area contributed by atoms with Gasteiger partial charge < -0.3 is 15.5 Å². The summed E-state index contributed by atoms with van der Waals surface area (Å²) in [7, 11) is 1.61. The molecule has 1 amide bonds. The summed E-state index contributed by atoms with van der Waals surface area (Å²) in [5.41, 5.74) is -1.52. The normalized spacial score (nSPS) is 17.7. The molecule has 6 aromatic rings. The van der Waals surface area contributed by atoms with E-state index in [-0.39, 0.29) is 35.6 Å². The van der Waals surface area contributed by atoms with Gasteiger partial charge in [0.25, 0.3) is 5.92 Å². The van der Waals surface area contributed by atoms with E-state index in [9.17, 15) is 35.2 Å². The van der Waals surface area contributed by atoms with Crippen molar-refractivity contribution in [1.29, 1.82) is 0 Å². The van der Waals surface area contributed by atoms with Gasteiger partial charge in [0.15, 0.2) is 22.3 Å². The minimum atomic E-state index is -5.06. The number of carbonyl (C=O) groups is 1. The minimum Gasteiger partial charge on any atom is -0.360 e. The average Bonchev–Trinajstić information content (AvgIpc) is 3.40. The molecule has 312 valence electrons. The Balaban J connectivity index is 1.27. The largest absolute Gasteiger partial charge is 0.435 e. The van der Waals surface area contributed by atoms with E-state index in [1.807, 2.05) is 19.0 Å². The second kappa shape index (κ2) is 14.4. The number of aryl methyl sites for hydroxylation is 1. The monoisotopic (exact) mass is 864 g/mol. The maximum Gasteiger partial charge on any atom is 0.435 e. The summed E-state index contributed by atoms with van der Waals surface area (Å²) in [6.45, 7) is 0.143. The molecule has 0 saturated heterocycles. The van der Waals surface area contributed by atoms with E-state index in [1.54, 1.807) is 31.3 Å². The Morgan fingerprint density at radius 3 is 2.47 bits per heavy atom. The number of likely N-dealkylation sites (N-methyl/N-ethyl adjacent to an activating group) is 1. The molecule has 0 aliphatic heterocycles. The maximum absolute atomic E-state index is 15.4. The molecule has 2 aliphatic carbocycles. The molecule has 2 aliphatic rings. The van der Waals surface area contributed by atoms with Crippen molar-refractivity contribution in [2.75, 3.05) is 43.5 Å². The number of halogens is 7. The summed E-state index contributed by atoms with van der Waals surface area (Å²) in [6, 6.07) is 8.10. The fourth-order valence-electron chi connectivity index (χ4n) is 7.78. The van der Waals surface area contributed by atoms with Crippen LogP contribution >= 0.6 is 11.3 Å². The van der Waals surface area contributed by atoms with E-state index in [0.717, 1.165) is 18.4 Å². The predicted molar refractivity (Wildman–Crippen MR) is 206 cm³/mol. The van der Waals surface area contributed by atoms with Crippen molar-refractivity contribution >= 4 is 59.5 Å². The lowest BCUT2D eigenvalue weighted by Gasteiger charge is -2.23. The first-order valence-corrected chi connectivity index (χ1v) is 20.8. The quantitative estimate of drug-likeness (QED) is 0.112. The van der Waals surface area contributed by atoms with E-state index in [1.165, 1.54) is 16.0 Å². The molecular formula is C37H35F7N10O3S2. The van der Waals surface area contributed by atoms with Gasteiger partial charge in [-0.3, -0.25) is 18.9 Å². The van der Waals surface area contributed by atoms with Crippen molar-refractivity contribution < 1.29 is 43.9 Å². The Hall–Kier alpha value is -5.35. The van der Waals surface area contributed by atoms with Gasteiger partial charge in [0, 0.05) is 54.2 Å². The maximum atomic E-state index is 15.4. The first kappa shape index (κ1) is 40.4. The average molecular weight is 865 g/mol. The van der Waals surface area contributed by atoms with Gasteiger partial charge in [0.1, 0.15) is 23.9 Å². The Bertz CT molecular complexity index is 2750. The van der Waals surface area contributed by atoms with Gasteiger partial charge in [-0.05, 0) is 62.7 Å². The van der Waals surface area contributed by atoms with Crippen molar-refractivity contribution in [2.24, 2.45) is 13.0 Å². The number of amides is 1. The van der Waals surface area contributed by atoms with E-state index < -0.39 is 81.0 Å². The van der Waals surface area contributed by atoms with Crippen LogP contribution in [-0.4, -0.2) is 82.2 Å². The van der Waals surface area contributed by atoms with Gasteiger partial charge in [0.2, 0.25) is 15.9 Å². The summed E-state index contributed by atoms with van der Waals surface area (Å²) >= 11 is 1.27. The Kier molecular flexibility index (Phi) is 9.89. The molecule has 1 fully saturated rings. The topological polar surface area (TPSA) is 152 Å². The highest BCUT2D eigenvalue weighted by molar-refractivity contribution is 7.92. The summed E-state index contributed by atoms with van der Waals surface area (Å²) in [5, 5.41) is 14.7. The molecule has 0 unspecified atom stereocenters. The third kappa shape index (κ3) is 7.79. The van der Waals surface area contributed by atoms with Crippen LogP contribution in [0, 0.1) is 17.6 Å². The molecule has 4 heterocycles. The molecule has 3 atom stereocenters. The Morgan fingerprint density at radius 1 is 1.07 bits per heavy atom. The lowest BCUT2D eigenvalue weighted by atomic mass is 9.94. The van der Waals surface area contributed by atoms with Crippen LogP contribution in [0.1, 0.15) is 46.6 Å². The Morgan fingerprint density at radius 2 is 1.80 bits per heavy atom. The number of benzene rings is 2. The minimum absolute atomic E-state index is 0.0205. The smallest absolute Gasteiger partial charge is 0.360 e. The number of nitrogens with one attached hydrogen (secondary N) is 3. The summed E-state index contributed by atoms with van der Waals surface area (Å²) in [6.07, 6.45) is -4.57. The number of thiazole rings is 1. The first-order chi connectivity index (χ1) is 27.7. The van der Waals surface area contributed by atoms with Gasteiger partial charge in [-0.25, -0.2) is 27.2 Å². The number of alkyl halides is 5. The first-order valence-electron chi connectivity index (χ1n) is 18.1. The third-order valence-corrected chi connectivity index (χ3v) is 11.7. The number of rotatable bonds is 13. The van der Waals surface area contributed by atoms with Crippen molar-refractivity contribution in [1.82, 2.24) is 39.7 Å². The standard InChI is InChI=1S/C37H35F7N10O3S2/c1-52(2)9-8-45-35-48-34-26(58-35)15-22(20-6-5-7-21-30(20)53(3)50-33(21)51-59(4,56)57)29(47-34)25(12-17-10-18(38)13-19(39)11-17)46-27(55)16-54-32-28(31(49-54)37(42,43)44)23-14-24(23)36(32,40)41/h5-7,10-11,13,15,23-25H,8-9,12,14,16H2,1-4H3,(H,46,55)(H,50,51)(H,45,47,48)/t23-,24+,25-/m0/s1. The number of hydrogen-bond acceptors (Lipinski definition) is 10. The fraction of sp³-hybridized carbons (Fsp3) is 0.378. The fourth-order valence-corrected chi connectivity index (χ4v) is 9.15.